The molecular formula is C15H22N2O3. The number of carbonyl (C=O) groups is 2. The Labute approximate surface area is 119 Å². The van der Waals surface area contributed by atoms with Gasteiger partial charge in [-0.25, -0.2) is 4.79 Å². The molecule has 1 aromatic carbocycles. The zero-order chi connectivity index (χ0) is 15.1. The maximum Gasteiger partial charge on any atom is 0.337 e. The second-order valence-electron chi connectivity index (χ2n) is 5.02. The van der Waals surface area contributed by atoms with Gasteiger partial charge in [0.1, 0.15) is 0 Å². The van der Waals surface area contributed by atoms with Crippen molar-refractivity contribution in [3.63, 3.8) is 0 Å². The quantitative estimate of drug-likeness (QED) is 0.781. The standard InChI is InChI=1S/C15H22N2O3/c1-10(2)11(3)17-14(18)9-16-13-7-5-12(6-8-13)15(19)20-4/h5-8,10-11,16H,9H2,1-4H3,(H,17,18). The van der Waals surface area contributed by atoms with Crippen molar-refractivity contribution in [1.82, 2.24) is 5.32 Å². The highest BCUT2D eigenvalue weighted by Gasteiger charge is 2.10. The van der Waals surface area contributed by atoms with Gasteiger partial charge >= 0.3 is 5.97 Å². The van der Waals surface area contributed by atoms with Crippen molar-refractivity contribution in [2.24, 2.45) is 5.92 Å². The largest absolute Gasteiger partial charge is 0.465 e. The normalized spacial score (nSPS) is 11.8. The van der Waals surface area contributed by atoms with Crippen molar-refractivity contribution in [2.75, 3.05) is 19.0 Å². The van der Waals surface area contributed by atoms with Crippen molar-refractivity contribution in [1.29, 1.82) is 0 Å². The van der Waals surface area contributed by atoms with Gasteiger partial charge in [0.25, 0.3) is 0 Å². The first kappa shape index (κ1) is 16.0. The Balaban J connectivity index is 2.46. The lowest BCUT2D eigenvalue weighted by atomic mass is 10.1. The summed E-state index contributed by atoms with van der Waals surface area (Å²) in [4.78, 5) is 23.0. The minimum absolute atomic E-state index is 0.0526. The lowest BCUT2D eigenvalue weighted by molar-refractivity contribution is -0.120. The average Bonchev–Trinajstić information content (AvgIpc) is 2.44. The van der Waals surface area contributed by atoms with Crippen LogP contribution in [0.3, 0.4) is 0 Å². The molecule has 5 nitrogen and oxygen atoms in total. The van der Waals surface area contributed by atoms with Gasteiger partial charge in [-0.1, -0.05) is 13.8 Å². The molecule has 1 rings (SSSR count). The van der Waals surface area contributed by atoms with E-state index in [0.717, 1.165) is 5.69 Å². The Morgan fingerprint density at radius 1 is 1.15 bits per heavy atom. The van der Waals surface area contributed by atoms with Gasteiger partial charge < -0.3 is 15.4 Å². The third-order valence-electron chi connectivity index (χ3n) is 3.15. The number of hydrogen-bond donors (Lipinski definition) is 2. The molecule has 0 saturated carbocycles. The van der Waals surface area contributed by atoms with Gasteiger partial charge in [0.15, 0.2) is 0 Å². The molecule has 1 amide bonds. The van der Waals surface area contributed by atoms with Crippen molar-refractivity contribution in [3.05, 3.63) is 29.8 Å². The van der Waals surface area contributed by atoms with E-state index in [1.165, 1.54) is 7.11 Å². The Morgan fingerprint density at radius 2 is 1.75 bits per heavy atom. The third kappa shape index (κ3) is 4.91. The number of hydrogen-bond acceptors (Lipinski definition) is 4. The summed E-state index contributed by atoms with van der Waals surface area (Å²) in [6, 6.07) is 6.94. The second-order valence-corrected chi connectivity index (χ2v) is 5.02. The summed E-state index contributed by atoms with van der Waals surface area (Å²) in [5.74, 6) is -0.0263. The van der Waals surface area contributed by atoms with Gasteiger partial charge in [0.05, 0.1) is 19.2 Å². The van der Waals surface area contributed by atoms with Crippen molar-refractivity contribution in [2.45, 2.75) is 26.8 Å². The number of benzene rings is 1. The van der Waals surface area contributed by atoms with Crippen LogP contribution in [0.4, 0.5) is 5.69 Å². The first-order valence-corrected chi connectivity index (χ1v) is 6.65. The van der Waals surface area contributed by atoms with Crippen LogP contribution in [-0.2, 0) is 9.53 Å². The van der Waals surface area contributed by atoms with Crippen LogP contribution in [0.25, 0.3) is 0 Å². The lowest BCUT2D eigenvalue weighted by Crippen LogP contribution is -2.39. The smallest absolute Gasteiger partial charge is 0.337 e. The second kappa shape index (κ2) is 7.53. The highest BCUT2D eigenvalue weighted by atomic mass is 16.5. The fourth-order valence-electron chi connectivity index (χ4n) is 1.50. The van der Waals surface area contributed by atoms with Crippen molar-refractivity contribution >= 4 is 17.6 Å². The van der Waals surface area contributed by atoms with E-state index in [-0.39, 0.29) is 24.5 Å². The van der Waals surface area contributed by atoms with Crippen LogP contribution in [0.5, 0.6) is 0 Å². The summed E-state index contributed by atoms with van der Waals surface area (Å²) in [5.41, 5.74) is 1.26. The molecule has 0 aliphatic carbocycles. The summed E-state index contributed by atoms with van der Waals surface area (Å²) >= 11 is 0. The molecule has 5 heteroatoms. The highest BCUT2D eigenvalue weighted by molar-refractivity contribution is 5.89. The molecule has 1 atom stereocenters. The zero-order valence-electron chi connectivity index (χ0n) is 12.4. The molecule has 20 heavy (non-hydrogen) atoms. The molecule has 0 saturated heterocycles. The number of carbonyl (C=O) groups excluding carboxylic acids is 2. The van der Waals surface area contributed by atoms with E-state index < -0.39 is 0 Å². The molecule has 0 spiro atoms. The Bertz CT molecular complexity index is 455. The summed E-state index contributed by atoms with van der Waals surface area (Å²) in [6.07, 6.45) is 0. The third-order valence-corrected chi connectivity index (χ3v) is 3.15. The van der Waals surface area contributed by atoms with Gasteiger partial charge in [-0.05, 0) is 37.1 Å². The van der Waals surface area contributed by atoms with Gasteiger partial charge in [0.2, 0.25) is 5.91 Å². The number of nitrogens with one attached hydrogen (secondary N) is 2. The van der Waals surface area contributed by atoms with Crippen molar-refractivity contribution < 1.29 is 14.3 Å². The summed E-state index contributed by atoms with van der Waals surface area (Å²) in [7, 11) is 1.34. The number of methoxy groups -OCH3 is 1. The van der Waals surface area contributed by atoms with Gasteiger partial charge in [-0.2, -0.15) is 0 Å². The van der Waals surface area contributed by atoms with Crippen LogP contribution >= 0.6 is 0 Å². The van der Waals surface area contributed by atoms with Crippen molar-refractivity contribution in [3.8, 4) is 0 Å². The van der Waals surface area contributed by atoms with E-state index >= 15 is 0 Å². The van der Waals surface area contributed by atoms with Crippen LogP contribution in [0.2, 0.25) is 0 Å². The topological polar surface area (TPSA) is 67.4 Å². The summed E-state index contributed by atoms with van der Waals surface area (Å²) in [5, 5.41) is 5.92. The van der Waals surface area contributed by atoms with E-state index in [1.54, 1.807) is 24.3 Å². The lowest BCUT2D eigenvalue weighted by Gasteiger charge is -2.17. The Morgan fingerprint density at radius 3 is 2.25 bits per heavy atom. The molecule has 0 fully saturated rings. The van der Waals surface area contributed by atoms with E-state index in [2.05, 4.69) is 29.2 Å². The number of anilines is 1. The van der Waals surface area contributed by atoms with E-state index in [1.807, 2.05) is 6.92 Å². The SMILES string of the molecule is COC(=O)c1ccc(NCC(=O)NC(C)C(C)C)cc1. The molecule has 0 radical (unpaired) electrons. The highest BCUT2D eigenvalue weighted by Crippen LogP contribution is 2.10. The molecule has 110 valence electrons. The van der Waals surface area contributed by atoms with Crippen LogP contribution in [0.1, 0.15) is 31.1 Å². The number of ether oxygens (including phenoxy) is 1. The average molecular weight is 278 g/mol. The van der Waals surface area contributed by atoms with Gasteiger partial charge in [0, 0.05) is 11.7 Å². The molecule has 1 unspecified atom stereocenters. The Hall–Kier alpha value is -2.04. The minimum atomic E-state index is -0.375. The first-order valence-electron chi connectivity index (χ1n) is 6.65. The summed E-state index contributed by atoms with van der Waals surface area (Å²) < 4.78 is 4.62. The molecule has 0 aliphatic heterocycles. The van der Waals surface area contributed by atoms with E-state index in [9.17, 15) is 9.59 Å². The number of amides is 1. The van der Waals surface area contributed by atoms with Crippen LogP contribution in [0, 0.1) is 5.92 Å². The number of rotatable bonds is 6. The Kier molecular flexibility index (Phi) is 6.03. The predicted octanol–water partition coefficient (Wildman–Crippen LogP) is 2.05. The minimum Gasteiger partial charge on any atom is -0.465 e. The van der Waals surface area contributed by atoms with E-state index in [0.29, 0.717) is 11.5 Å². The zero-order valence-corrected chi connectivity index (χ0v) is 12.4. The molecule has 0 aliphatic rings. The monoisotopic (exact) mass is 278 g/mol. The van der Waals surface area contributed by atoms with Crippen LogP contribution < -0.4 is 10.6 Å². The molecule has 1 aromatic rings. The first-order chi connectivity index (χ1) is 9.43. The predicted molar refractivity (Wildman–Crippen MR) is 78.7 cm³/mol. The van der Waals surface area contributed by atoms with Crippen LogP contribution in [-0.4, -0.2) is 31.6 Å². The maximum absolute atomic E-state index is 11.7. The van der Waals surface area contributed by atoms with Gasteiger partial charge in [-0.15, -0.1) is 0 Å². The summed E-state index contributed by atoms with van der Waals surface area (Å²) in [6.45, 7) is 6.30. The molecule has 0 heterocycles. The van der Waals surface area contributed by atoms with Gasteiger partial charge in [-0.3, -0.25) is 4.79 Å². The fraction of sp³-hybridized carbons (Fsp3) is 0.467. The number of esters is 1. The van der Waals surface area contributed by atoms with Crippen LogP contribution in [0.15, 0.2) is 24.3 Å². The molecule has 0 bridgehead atoms. The molecule has 2 N–H and O–H groups in total. The maximum atomic E-state index is 11.7. The molecular weight excluding hydrogens is 256 g/mol. The van der Waals surface area contributed by atoms with E-state index in [4.69, 9.17) is 0 Å². The fourth-order valence-corrected chi connectivity index (χ4v) is 1.50. The molecule has 0 aromatic heterocycles.